The Bertz CT molecular complexity index is 1840. The van der Waals surface area contributed by atoms with Crippen LogP contribution in [0.3, 0.4) is 0 Å². The minimum Gasteiger partial charge on any atom is -0.383 e. The van der Waals surface area contributed by atoms with Crippen molar-refractivity contribution in [3.63, 3.8) is 0 Å². The zero-order valence-corrected chi connectivity index (χ0v) is 23.6. The number of hydrogen-bond donors (Lipinski definition) is 1. The Morgan fingerprint density at radius 1 is 0.762 bits per heavy atom. The van der Waals surface area contributed by atoms with Gasteiger partial charge in [-0.15, -0.1) is 0 Å². The van der Waals surface area contributed by atoms with E-state index in [4.69, 9.17) is 15.7 Å². The van der Waals surface area contributed by atoms with Gasteiger partial charge in [-0.1, -0.05) is 42.5 Å². The standard InChI is InChI=1S/C34H32N8/c1-24-15-17-36-31(22-24)41-20-18-40(19-21-41)23-25-9-11-27(12-10-25)42-33(28-8-5-16-37-32(28)35)39-30-14-13-29(38-34(30)42)26-6-3-2-4-7-26/h2-17,22H,18-21,23H2,1H3,(H2,35,37). The molecule has 1 aliphatic heterocycles. The second kappa shape index (κ2) is 11.1. The molecule has 208 valence electrons. The first kappa shape index (κ1) is 25.9. The molecule has 0 spiro atoms. The number of anilines is 2. The molecule has 0 aliphatic carbocycles. The second-order valence-corrected chi connectivity index (χ2v) is 10.7. The highest BCUT2D eigenvalue weighted by molar-refractivity contribution is 5.84. The van der Waals surface area contributed by atoms with Crippen molar-refractivity contribution in [1.29, 1.82) is 0 Å². The number of fused-ring (bicyclic) bond motifs is 1. The maximum absolute atomic E-state index is 6.33. The predicted molar refractivity (Wildman–Crippen MR) is 168 cm³/mol. The van der Waals surface area contributed by atoms with E-state index in [2.05, 4.69) is 73.7 Å². The maximum atomic E-state index is 6.33. The molecule has 0 unspecified atom stereocenters. The third-order valence-electron chi connectivity index (χ3n) is 7.85. The molecule has 6 aromatic rings. The van der Waals surface area contributed by atoms with E-state index in [0.717, 1.165) is 78.0 Å². The Morgan fingerprint density at radius 2 is 1.57 bits per heavy atom. The highest BCUT2D eigenvalue weighted by Gasteiger charge is 2.20. The third kappa shape index (κ3) is 5.08. The Hall–Kier alpha value is -5.08. The van der Waals surface area contributed by atoms with E-state index < -0.39 is 0 Å². The first-order chi connectivity index (χ1) is 20.6. The summed E-state index contributed by atoms with van der Waals surface area (Å²) >= 11 is 0. The Balaban J connectivity index is 1.18. The first-order valence-corrected chi connectivity index (χ1v) is 14.3. The summed E-state index contributed by atoms with van der Waals surface area (Å²) in [4.78, 5) is 23.8. The van der Waals surface area contributed by atoms with Crippen molar-refractivity contribution < 1.29 is 0 Å². The van der Waals surface area contributed by atoms with Gasteiger partial charge in [0, 0.05) is 56.4 Å². The van der Waals surface area contributed by atoms with Crippen molar-refractivity contribution in [2.24, 2.45) is 0 Å². The summed E-state index contributed by atoms with van der Waals surface area (Å²) in [5.41, 5.74) is 14.1. The maximum Gasteiger partial charge on any atom is 0.165 e. The van der Waals surface area contributed by atoms with Crippen LogP contribution in [-0.2, 0) is 6.54 Å². The zero-order valence-electron chi connectivity index (χ0n) is 23.6. The minimum atomic E-state index is 0.439. The fraction of sp³-hybridized carbons (Fsp3) is 0.176. The van der Waals surface area contributed by atoms with Crippen LogP contribution < -0.4 is 10.6 Å². The van der Waals surface area contributed by atoms with Crippen LogP contribution in [0.25, 0.3) is 39.5 Å². The van der Waals surface area contributed by atoms with Crippen LogP contribution in [0.2, 0.25) is 0 Å². The van der Waals surface area contributed by atoms with Crippen molar-refractivity contribution in [3.8, 4) is 28.3 Å². The van der Waals surface area contributed by atoms with Crippen molar-refractivity contribution in [2.75, 3.05) is 36.8 Å². The molecule has 2 N–H and O–H groups in total. The number of nitrogens with two attached hydrogens (primary N) is 1. The molecule has 7 rings (SSSR count). The number of imidazole rings is 1. The predicted octanol–water partition coefficient (Wildman–Crippen LogP) is 5.76. The molecule has 1 aliphatic rings. The van der Waals surface area contributed by atoms with Gasteiger partial charge in [0.1, 0.15) is 17.2 Å². The summed E-state index contributed by atoms with van der Waals surface area (Å²) in [7, 11) is 0. The lowest BCUT2D eigenvalue weighted by Crippen LogP contribution is -2.46. The minimum absolute atomic E-state index is 0.439. The lowest BCUT2D eigenvalue weighted by Gasteiger charge is -2.35. The van der Waals surface area contributed by atoms with Gasteiger partial charge < -0.3 is 10.6 Å². The first-order valence-electron chi connectivity index (χ1n) is 14.3. The van der Waals surface area contributed by atoms with E-state index in [0.29, 0.717) is 5.82 Å². The molecule has 0 radical (unpaired) electrons. The van der Waals surface area contributed by atoms with Gasteiger partial charge in [-0.05, 0) is 66.6 Å². The van der Waals surface area contributed by atoms with Crippen LogP contribution in [0.5, 0.6) is 0 Å². The van der Waals surface area contributed by atoms with E-state index in [1.165, 1.54) is 11.1 Å². The molecule has 0 saturated carbocycles. The number of hydrogen-bond acceptors (Lipinski definition) is 7. The quantitative estimate of drug-likeness (QED) is 0.281. The molecular weight excluding hydrogens is 520 g/mol. The molecule has 42 heavy (non-hydrogen) atoms. The van der Waals surface area contributed by atoms with Crippen LogP contribution in [0, 0.1) is 6.92 Å². The van der Waals surface area contributed by atoms with E-state index in [1.54, 1.807) is 6.20 Å². The monoisotopic (exact) mass is 552 g/mol. The van der Waals surface area contributed by atoms with E-state index in [-0.39, 0.29) is 0 Å². The lowest BCUT2D eigenvalue weighted by molar-refractivity contribution is 0.249. The fourth-order valence-electron chi connectivity index (χ4n) is 5.60. The number of aromatic nitrogens is 5. The van der Waals surface area contributed by atoms with Crippen molar-refractivity contribution in [2.45, 2.75) is 13.5 Å². The number of nitrogen functional groups attached to an aromatic ring is 1. The number of pyridine rings is 3. The molecule has 1 saturated heterocycles. The van der Waals surface area contributed by atoms with Gasteiger partial charge in [0.05, 0.1) is 11.3 Å². The van der Waals surface area contributed by atoms with Crippen LogP contribution in [0.15, 0.2) is 103 Å². The number of benzene rings is 2. The van der Waals surface area contributed by atoms with Gasteiger partial charge in [0.25, 0.3) is 0 Å². The molecule has 8 heteroatoms. The van der Waals surface area contributed by atoms with Gasteiger partial charge in [-0.2, -0.15) is 0 Å². The van der Waals surface area contributed by atoms with Gasteiger partial charge in [0.15, 0.2) is 11.5 Å². The highest BCUT2D eigenvalue weighted by atomic mass is 15.3. The average Bonchev–Trinajstić information content (AvgIpc) is 3.41. The molecular formula is C34H32N8. The summed E-state index contributed by atoms with van der Waals surface area (Å²) in [5.74, 6) is 2.23. The van der Waals surface area contributed by atoms with Crippen LogP contribution >= 0.6 is 0 Å². The molecule has 0 atom stereocenters. The normalized spacial score (nSPS) is 14.0. The zero-order chi connectivity index (χ0) is 28.5. The topological polar surface area (TPSA) is 89.0 Å². The third-order valence-corrected chi connectivity index (χ3v) is 7.85. The summed E-state index contributed by atoms with van der Waals surface area (Å²) in [6.07, 6.45) is 3.59. The van der Waals surface area contributed by atoms with Crippen molar-refractivity contribution >= 4 is 22.8 Å². The van der Waals surface area contributed by atoms with Crippen molar-refractivity contribution in [3.05, 3.63) is 115 Å². The smallest absolute Gasteiger partial charge is 0.165 e. The lowest BCUT2D eigenvalue weighted by atomic mass is 10.1. The molecule has 5 heterocycles. The SMILES string of the molecule is Cc1ccnc(N2CCN(Cc3ccc(-n4c(-c5cccnc5N)nc5ccc(-c6ccccc6)nc54)cc3)CC2)c1. The Morgan fingerprint density at radius 3 is 2.33 bits per heavy atom. The molecule has 4 aromatic heterocycles. The molecule has 0 bridgehead atoms. The Labute approximate surface area is 245 Å². The summed E-state index contributed by atoms with van der Waals surface area (Å²) in [6, 6.07) is 31.0. The number of rotatable bonds is 6. The molecule has 1 fully saturated rings. The number of aryl methyl sites for hydroxylation is 1. The molecule has 2 aromatic carbocycles. The average molecular weight is 553 g/mol. The van der Waals surface area contributed by atoms with E-state index >= 15 is 0 Å². The molecule has 8 nitrogen and oxygen atoms in total. The van der Waals surface area contributed by atoms with E-state index in [1.807, 2.05) is 54.7 Å². The Kier molecular flexibility index (Phi) is 6.81. The van der Waals surface area contributed by atoms with Gasteiger partial charge in [-0.3, -0.25) is 9.47 Å². The number of nitrogens with zero attached hydrogens (tertiary/aromatic N) is 7. The van der Waals surface area contributed by atoms with Crippen LogP contribution in [0.1, 0.15) is 11.1 Å². The van der Waals surface area contributed by atoms with Crippen LogP contribution in [-0.4, -0.2) is 55.6 Å². The largest absolute Gasteiger partial charge is 0.383 e. The molecule has 0 amide bonds. The van der Waals surface area contributed by atoms with Gasteiger partial charge in [0.2, 0.25) is 0 Å². The second-order valence-electron chi connectivity index (χ2n) is 10.7. The van der Waals surface area contributed by atoms with E-state index in [9.17, 15) is 0 Å². The highest BCUT2D eigenvalue weighted by Crippen LogP contribution is 2.32. The van der Waals surface area contributed by atoms with Crippen molar-refractivity contribution in [1.82, 2.24) is 29.4 Å². The fourth-order valence-corrected chi connectivity index (χ4v) is 5.60. The summed E-state index contributed by atoms with van der Waals surface area (Å²) < 4.78 is 2.09. The van der Waals surface area contributed by atoms with Crippen LogP contribution in [0.4, 0.5) is 11.6 Å². The summed E-state index contributed by atoms with van der Waals surface area (Å²) in [6.45, 7) is 6.96. The van der Waals surface area contributed by atoms with Gasteiger partial charge in [-0.25, -0.2) is 19.9 Å². The summed E-state index contributed by atoms with van der Waals surface area (Å²) in [5, 5.41) is 0. The number of piperazine rings is 1. The van der Waals surface area contributed by atoms with Gasteiger partial charge >= 0.3 is 0 Å².